The minimum Gasteiger partial charge on any atom is -0.494 e. The normalized spacial score (nSPS) is 17.8. The van der Waals surface area contributed by atoms with Gasteiger partial charge in [0.15, 0.2) is 5.11 Å². The Bertz CT molecular complexity index is 1240. The maximum atomic E-state index is 13.4. The van der Waals surface area contributed by atoms with E-state index < -0.39 is 0 Å². The SMILES string of the molecule is CCOc1ccc(N2C(=S)N[C@H](c3ccccn3)[C@H]2c2ccc(-c3ccc(F)cc3)o2)cc1. The first-order valence-electron chi connectivity index (χ1n) is 10.7. The Morgan fingerprint density at radius 2 is 1.82 bits per heavy atom. The van der Waals surface area contributed by atoms with Gasteiger partial charge in [-0.2, -0.15) is 0 Å². The average molecular weight is 460 g/mol. The largest absolute Gasteiger partial charge is 0.494 e. The minimum absolute atomic E-state index is 0.211. The van der Waals surface area contributed by atoms with Gasteiger partial charge in [0.05, 0.1) is 18.3 Å². The Balaban J connectivity index is 1.55. The highest BCUT2D eigenvalue weighted by molar-refractivity contribution is 7.80. The highest BCUT2D eigenvalue weighted by atomic mass is 32.1. The molecule has 0 radical (unpaired) electrons. The van der Waals surface area contributed by atoms with Crippen molar-refractivity contribution >= 4 is 23.0 Å². The van der Waals surface area contributed by atoms with Crippen molar-refractivity contribution in [1.29, 1.82) is 0 Å². The molecule has 1 N–H and O–H groups in total. The molecular weight excluding hydrogens is 437 g/mol. The van der Waals surface area contributed by atoms with Gasteiger partial charge in [-0.1, -0.05) is 6.07 Å². The number of furan rings is 1. The highest BCUT2D eigenvalue weighted by Crippen LogP contribution is 2.43. The van der Waals surface area contributed by atoms with Crippen LogP contribution in [0.4, 0.5) is 10.1 Å². The zero-order valence-corrected chi connectivity index (χ0v) is 18.8. The van der Waals surface area contributed by atoms with Crippen LogP contribution in [0.2, 0.25) is 0 Å². The van der Waals surface area contributed by atoms with E-state index in [1.54, 1.807) is 18.3 Å². The number of aromatic nitrogens is 1. The van der Waals surface area contributed by atoms with Gasteiger partial charge in [0, 0.05) is 17.4 Å². The smallest absolute Gasteiger partial charge is 0.174 e. The van der Waals surface area contributed by atoms with Gasteiger partial charge >= 0.3 is 0 Å². The molecular formula is C26H22FN3O2S. The Kier molecular flexibility index (Phi) is 5.79. The van der Waals surface area contributed by atoms with E-state index in [9.17, 15) is 4.39 Å². The minimum atomic E-state index is -0.284. The second-order valence-electron chi connectivity index (χ2n) is 7.63. The summed E-state index contributed by atoms with van der Waals surface area (Å²) in [6.45, 7) is 2.56. The summed E-state index contributed by atoms with van der Waals surface area (Å²) in [6.07, 6.45) is 1.77. The summed E-state index contributed by atoms with van der Waals surface area (Å²) in [4.78, 5) is 6.60. The van der Waals surface area contributed by atoms with Crippen molar-refractivity contribution in [3.8, 4) is 17.1 Å². The zero-order chi connectivity index (χ0) is 22.8. The molecule has 0 bridgehead atoms. The Morgan fingerprint density at radius 3 is 2.52 bits per heavy atom. The predicted molar refractivity (Wildman–Crippen MR) is 130 cm³/mol. The quantitative estimate of drug-likeness (QED) is 0.354. The van der Waals surface area contributed by atoms with E-state index in [1.165, 1.54) is 12.1 Å². The number of nitrogens with zero attached hydrogens (tertiary/aromatic N) is 2. The molecule has 3 heterocycles. The fourth-order valence-corrected chi connectivity index (χ4v) is 4.42. The van der Waals surface area contributed by atoms with Crippen LogP contribution in [0.1, 0.15) is 30.5 Å². The number of halogens is 1. The van der Waals surface area contributed by atoms with Gasteiger partial charge in [0.1, 0.15) is 29.1 Å². The lowest BCUT2D eigenvalue weighted by atomic mass is 10.0. The van der Waals surface area contributed by atoms with E-state index in [1.807, 2.05) is 66.4 Å². The van der Waals surface area contributed by atoms with E-state index in [-0.39, 0.29) is 17.9 Å². The van der Waals surface area contributed by atoms with Crippen LogP contribution in [0, 0.1) is 5.82 Å². The molecule has 0 amide bonds. The molecule has 2 atom stereocenters. The average Bonchev–Trinajstić information content (AvgIpc) is 3.46. The molecule has 1 fully saturated rings. The summed E-state index contributed by atoms with van der Waals surface area (Å²) >= 11 is 5.75. The summed E-state index contributed by atoms with van der Waals surface area (Å²) in [7, 11) is 0. The van der Waals surface area contributed by atoms with Crippen LogP contribution in [0.5, 0.6) is 5.75 Å². The summed E-state index contributed by atoms with van der Waals surface area (Å²) in [5.74, 6) is 1.90. The van der Waals surface area contributed by atoms with Crippen LogP contribution in [0.25, 0.3) is 11.3 Å². The maximum absolute atomic E-state index is 13.4. The molecule has 0 saturated carbocycles. The van der Waals surface area contributed by atoms with E-state index in [0.29, 0.717) is 17.5 Å². The highest BCUT2D eigenvalue weighted by Gasteiger charge is 2.42. The van der Waals surface area contributed by atoms with Gasteiger partial charge < -0.3 is 19.4 Å². The fourth-order valence-electron chi connectivity index (χ4n) is 4.07. The number of ether oxygens (including phenoxy) is 1. The van der Waals surface area contributed by atoms with Gasteiger partial charge in [0.2, 0.25) is 0 Å². The molecule has 0 aliphatic carbocycles. The van der Waals surface area contributed by atoms with E-state index in [0.717, 1.165) is 28.5 Å². The molecule has 2 aromatic carbocycles. The van der Waals surface area contributed by atoms with Crippen molar-refractivity contribution in [3.63, 3.8) is 0 Å². The van der Waals surface area contributed by atoms with Crippen molar-refractivity contribution < 1.29 is 13.5 Å². The van der Waals surface area contributed by atoms with Crippen LogP contribution in [0.15, 0.2) is 89.5 Å². The van der Waals surface area contributed by atoms with Crippen molar-refractivity contribution in [2.24, 2.45) is 0 Å². The van der Waals surface area contributed by atoms with Gasteiger partial charge in [-0.3, -0.25) is 4.98 Å². The number of hydrogen-bond donors (Lipinski definition) is 1. The Labute approximate surface area is 196 Å². The van der Waals surface area contributed by atoms with Crippen molar-refractivity contribution in [2.45, 2.75) is 19.0 Å². The van der Waals surface area contributed by atoms with Crippen LogP contribution in [-0.2, 0) is 0 Å². The first-order chi connectivity index (χ1) is 16.1. The second kappa shape index (κ2) is 9.03. The van der Waals surface area contributed by atoms with E-state index in [2.05, 4.69) is 10.3 Å². The number of hydrogen-bond acceptors (Lipinski definition) is 4. The van der Waals surface area contributed by atoms with Crippen LogP contribution in [0.3, 0.4) is 0 Å². The maximum Gasteiger partial charge on any atom is 0.174 e. The molecule has 5 rings (SSSR count). The number of rotatable bonds is 6. The van der Waals surface area contributed by atoms with Gasteiger partial charge in [-0.25, -0.2) is 4.39 Å². The molecule has 0 unspecified atom stereocenters. The molecule has 2 aromatic heterocycles. The monoisotopic (exact) mass is 459 g/mol. The number of thiocarbonyl (C=S) groups is 1. The molecule has 4 aromatic rings. The third kappa shape index (κ3) is 4.19. The van der Waals surface area contributed by atoms with Crippen molar-refractivity contribution in [2.75, 3.05) is 11.5 Å². The number of nitrogens with one attached hydrogen (secondary N) is 1. The van der Waals surface area contributed by atoms with Crippen molar-refractivity contribution in [1.82, 2.24) is 10.3 Å². The van der Waals surface area contributed by atoms with Crippen molar-refractivity contribution in [3.05, 3.63) is 102 Å². The summed E-state index contributed by atoms with van der Waals surface area (Å²) in [6, 6.07) is 23.3. The lowest BCUT2D eigenvalue weighted by Gasteiger charge is -2.26. The first-order valence-corrected chi connectivity index (χ1v) is 11.1. The predicted octanol–water partition coefficient (Wildman–Crippen LogP) is 6.06. The topological polar surface area (TPSA) is 50.5 Å². The standard InChI is InChI=1S/C26H22FN3O2S/c1-2-31-20-12-10-19(11-13-20)30-25(24(29-26(30)33)21-5-3-4-16-28-21)23-15-14-22(32-23)17-6-8-18(27)9-7-17/h3-16,24-25H,2H2,1H3,(H,29,33)/t24-,25-/m1/s1. The van der Waals surface area contributed by atoms with Crippen LogP contribution >= 0.6 is 12.2 Å². The molecule has 166 valence electrons. The number of anilines is 1. The summed E-state index contributed by atoms with van der Waals surface area (Å²) in [5, 5.41) is 4.00. The lowest BCUT2D eigenvalue weighted by molar-refractivity contribution is 0.340. The third-order valence-corrected chi connectivity index (χ3v) is 5.89. The van der Waals surface area contributed by atoms with E-state index in [4.69, 9.17) is 21.4 Å². The lowest BCUT2D eigenvalue weighted by Crippen LogP contribution is -2.29. The molecule has 1 saturated heterocycles. The molecule has 1 aliphatic heterocycles. The second-order valence-corrected chi connectivity index (χ2v) is 8.02. The molecule has 5 nitrogen and oxygen atoms in total. The van der Waals surface area contributed by atoms with Gasteiger partial charge in [0.25, 0.3) is 0 Å². The van der Waals surface area contributed by atoms with Crippen LogP contribution in [-0.4, -0.2) is 16.7 Å². The Morgan fingerprint density at radius 1 is 1.03 bits per heavy atom. The third-order valence-electron chi connectivity index (χ3n) is 5.57. The van der Waals surface area contributed by atoms with Gasteiger partial charge in [-0.15, -0.1) is 0 Å². The number of benzene rings is 2. The van der Waals surface area contributed by atoms with Gasteiger partial charge in [-0.05, 0) is 91.9 Å². The van der Waals surface area contributed by atoms with E-state index >= 15 is 0 Å². The fraction of sp³-hybridized carbons (Fsp3) is 0.154. The van der Waals surface area contributed by atoms with Crippen LogP contribution < -0.4 is 15.0 Å². The molecule has 33 heavy (non-hydrogen) atoms. The number of pyridine rings is 1. The summed E-state index contributed by atoms with van der Waals surface area (Å²) in [5.41, 5.74) is 2.58. The molecule has 1 aliphatic rings. The zero-order valence-electron chi connectivity index (χ0n) is 17.9. The summed E-state index contributed by atoms with van der Waals surface area (Å²) < 4.78 is 25.3. The first kappa shape index (κ1) is 21.2. The molecule has 0 spiro atoms. The molecule has 7 heteroatoms. The Hall–Kier alpha value is -3.71.